The van der Waals surface area contributed by atoms with Gasteiger partial charge in [-0.1, -0.05) is 29.8 Å². The second-order valence-corrected chi connectivity index (χ2v) is 8.50. The lowest BCUT2D eigenvalue weighted by Crippen LogP contribution is -2.47. The van der Waals surface area contributed by atoms with Crippen molar-refractivity contribution < 1.29 is 9.90 Å². The Kier molecular flexibility index (Phi) is 5.54. The van der Waals surface area contributed by atoms with Gasteiger partial charge in [0, 0.05) is 24.2 Å². The summed E-state index contributed by atoms with van der Waals surface area (Å²) in [7, 11) is 0. The summed E-state index contributed by atoms with van der Waals surface area (Å²) in [5.41, 5.74) is 0.183. The molecule has 0 bridgehead atoms. The third-order valence-corrected chi connectivity index (χ3v) is 6.39. The van der Waals surface area contributed by atoms with E-state index in [1.165, 1.54) is 22.1 Å². The number of nitrogens with zero attached hydrogens (tertiary/aromatic N) is 3. The van der Waals surface area contributed by atoms with Gasteiger partial charge in [-0.3, -0.25) is 9.59 Å². The first-order chi connectivity index (χ1) is 13.9. The van der Waals surface area contributed by atoms with Crippen LogP contribution in [-0.2, 0) is 16.9 Å². The van der Waals surface area contributed by atoms with Gasteiger partial charge in [0.25, 0.3) is 5.56 Å². The molecule has 3 heterocycles. The van der Waals surface area contributed by atoms with Crippen molar-refractivity contribution in [1.29, 1.82) is 0 Å². The summed E-state index contributed by atoms with van der Waals surface area (Å²) in [6.45, 7) is 0.714. The number of piperidine rings is 1. The standard InChI is InChI=1S/C21H20ClN3O3S/c22-16-5-3-15(4-6-16)21(28)9-11-24(12-10-21)20(27)14-25-19(26)8-7-17(23-25)18-2-1-13-29-18/h1-8,13,28H,9-12,14H2. The minimum absolute atomic E-state index is 0.114. The van der Waals surface area contributed by atoms with Crippen LogP contribution in [0.4, 0.5) is 0 Å². The number of carbonyl (C=O) groups is 1. The molecule has 1 aliphatic heterocycles. The molecular formula is C21H20ClN3O3S. The first kappa shape index (κ1) is 19.8. The van der Waals surface area contributed by atoms with Crippen LogP contribution in [0.5, 0.6) is 0 Å². The summed E-state index contributed by atoms with van der Waals surface area (Å²) in [5.74, 6) is -0.180. The van der Waals surface area contributed by atoms with E-state index in [2.05, 4.69) is 5.10 Å². The van der Waals surface area contributed by atoms with Crippen LogP contribution < -0.4 is 5.56 Å². The number of amides is 1. The minimum atomic E-state index is -0.977. The van der Waals surface area contributed by atoms with Gasteiger partial charge in [-0.25, -0.2) is 4.68 Å². The van der Waals surface area contributed by atoms with E-state index in [1.54, 1.807) is 23.1 Å². The van der Waals surface area contributed by atoms with Gasteiger partial charge in [0.1, 0.15) is 12.2 Å². The number of hydrogen-bond donors (Lipinski definition) is 1. The second kappa shape index (κ2) is 8.10. The molecule has 2 aromatic heterocycles. The molecule has 0 radical (unpaired) electrons. The molecule has 1 amide bonds. The fraction of sp³-hybridized carbons (Fsp3) is 0.286. The smallest absolute Gasteiger partial charge is 0.267 e. The van der Waals surface area contributed by atoms with E-state index >= 15 is 0 Å². The SMILES string of the molecule is O=C(Cn1nc(-c2cccs2)ccc1=O)N1CCC(O)(c2ccc(Cl)cc2)CC1. The van der Waals surface area contributed by atoms with Crippen LogP contribution >= 0.6 is 22.9 Å². The Hall–Kier alpha value is -2.48. The maximum atomic E-state index is 12.7. The minimum Gasteiger partial charge on any atom is -0.385 e. The molecule has 0 spiro atoms. The number of rotatable bonds is 4. The lowest BCUT2D eigenvalue weighted by Gasteiger charge is -2.38. The van der Waals surface area contributed by atoms with E-state index in [0.29, 0.717) is 36.6 Å². The van der Waals surface area contributed by atoms with Gasteiger partial charge in [-0.15, -0.1) is 11.3 Å². The molecule has 0 atom stereocenters. The fourth-order valence-corrected chi connectivity index (χ4v) is 4.34. The van der Waals surface area contributed by atoms with E-state index in [9.17, 15) is 14.7 Å². The normalized spacial score (nSPS) is 16.0. The molecule has 4 rings (SSSR count). The monoisotopic (exact) mass is 429 g/mol. The fourth-order valence-electron chi connectivity index (χ4n) is 3.52. The van der Waals surface area contributed by atoms with Crippen LogP contribution in [0.1, 0.15) is 18.4 Å². The number of likely N-dealkylation sites (tertiary alicyclic amines) is 1. The van der Waals surface area contributed by atoms with E-state index in [1.807, 2.05) is 29.6 Å². The predicted molar refractivity (Wildman–Crippen MR) is 113 cm³/mol. The molecule has 0 saturated carbocycles. The summed E-state index contributed by atoms with van der Waals surface area (Å²) in [6, 6.07) is 14.1. The van der Waals surface area contributed by atoms with Crippen molar-refractivity contribution in [3.8, 4) is 10.6 Å². The number of halogens is 1. The van der Waals surface area contributed by atoms with Crippen LogP contribution in [0.15, 0.2) is 58.7 Å². The molecule has 1 aliphatic rings. The summed E-state index contributed by atoms with van der Waals surface area (Å²) in [6.07, 6.45) is 0.857. The lowest BCUT2D eigenvalue weighted by molar-refractivity contribution is -0.136. The van der Waals surface area contributed by atoms with Crippen molar-refractivity contribution in [1.82, 2.24) is 14.7 Å². The van der Waals surface area contributed by atoms with Crippen molar-refractivity contribution >= 4 is 28.8 Å². The van der Waals surface area contributed by atoms with E-state index in [-0.39, 0.29) is 18.0 Å². The maximum Gasteiger partial charge on any atom is 0.267 e. The molecule has 29 heavy (non-hydrogen) atoms. The topological polar surface area (TPSA) is 75.4 Å². The average molecular weight is 430 g/mol. The van der Waals surface area contributed by atoms with Gasteiger partial charge in [-0.05, 0) is 48.1 Å². The van der Waals surface area contributed by atoms with Gasteiger partial charge in [0.2, 0.25) is 5.91 Å². The molecule has 1 saturated heterocycles. The summed E-state index contributed by atoms with van der Waals surface area (Å²) < 4.78 is 1.21. The van der Waals surface area contributed by atoms with Crippen molar-refractivity contribution in [3.05, 3.63) is 74.9 Å². The number of hydrogen-bond acceptors (Lipinski definition) is 5. The Labute approximate surface area is 177 Å². The third kappa shape index (κ3) is 4.27. The van der Waals surface area contributed by atoms with E-state index < -0.39 is 5.60 Å². The Bertz CT molecular complexity index is 1060. The van der Waals surface area contributed by atoms with Gasteiger partial charge < -0.3 is 10.0 Å². The number of benzene rings is 1. The Morgan fingerprint density at radius 3 is 2.52 bits per heavy atom. The van der Waals surface area contributed by atoms with E-state index in [0.717, 1.165) is 10.4 Å². The summed E-state index contributed by atoms with van der Waals surface area (Å²) in [4.78, 5) is 27.5. The average Bonchev–Trinajstić information content (AvgIpc) is 3.25. The van der Waals surface area contributed by atoms with Gasteiger partial charge in [0.05, 0.1) is 10.5 Å². The van der Waals surface area contributed by atoms with Crippen LogP contribution in [0, 0.1) is 0 Å². The first-order valence-corrected chi connectivity index (χ1v) is 10.6. The Morgan fingerprint density at radius 1 is 1.14 bits per heavy atom. The van der Waals surface area contributed by atoms with Crippen LogP contribution in [0.2, 0.25) is 5.02 Å². The molecule has 1 fully saturated rings. The Morgan fingerprint density at radius 2 is 1.86 bits per heavy atom. The van der Waals surface area contributed by atoms with Crippen LogP contribution in [-0.4, -0.2) is 38.8 Å². The zero-order chi connectivity index (χ0) is 20.4. The maximum absolute atomic E-state index is 12.7. The van der Waals surface area contributed by atoms with Crippen LogP contribution in [0.25, 0.3) is 10.6 Å². The van der Waals surface area contributed by atoms with Gasteiger partial charge in [0.15, 0.2) is 0 Å². The highest BCUT2D eigenvalue weighted by molar-refractivity contribution is 7.13. The molecule has 0 unspecified atom stereocenters. The molecule has 0 aliphatic carbocycles. The quantitative estimate of drug-likeness (QED) is 0.691. The Balaban J connectivity index is 1.43. The highest BCUT2D eigenvalue weighted by Gasteiger charge is 2.35. The lowest BCUT2D eigenvalue weighted by atomic mass is 9.84. The zero-order valence-corrected chi connectivity index (χ0v) is 17.2. The van der Waals surface area contributed by atoms with Crippen molar-refractivity contribution in [3.63, 3.8) is 0 Å². The van der Waals surface area contributed by atoms with Crippen molar-refractivity contribution in [2.45, 2.75) is 25.0 Å². The zero-order valence-electron chi connectivity index (χ0n) is 15.6. The summed E-state index contributed by atoms with van der Waals surface area (Å²) in [5, 5.41) is 17.9. The molecule has 1 aromatic carbocycles. The second-order valence-electron chi connectivity index (χ2n) is 7.11. The molecular weight excluding hydrogens is 410 g/mol. The molecule has 150 valence electrons. The number of carbonyl (C=O) groups excluding carboxylic acids is 1. The van der Waals surface area contributed by atoms with Crippen LogP contribution in [0.3, 0.4) is 0 Å². The summed E-state index contributed by atoms with van der Waals surface area (Å²) >= 11 is 7.45. The molecule has 8 heteroatoms. The molecule has 1 N–H and O–H groups in total. The van der Waals surface area contributed by atoms with Crippen molar-refractivity contribution in [2.24, 2.45) is 0 Å². The molecule has 3 aromatic rings. The van der Waals surface area contributed by atoms with E-state index in [4.69, 9.17) is 11.6 Å². The van der Waals surface area contributed by atoms with Crippen molar-refractivity contribution in [2.75, 3.05) is 13.1 Å². The molecule has 6 nitrogen and oxygen atoms in total. The van der Waals surface area contributed by atoms with Gasteiger partial charge >= 0.3 is 0 Å². The predicted octanol–water partition coefficient (Wildman–Crippen LogP) is 3.14. The van der Waals surface area contributed by atoms with Gasteiger partial charge in [-0.2, -0.15) is 5.10 Å². The number of thiophene rings is 1. The highest BCUT2D eigenvalue weighted by atomic mass is 35.5. The third-order valence-electron chi connectivity index (χ3n) is 5.25. The highest BCUT2D eigenvalue weighted by Crippen LogP contribution is 2.33. The largest absolute Gasteiger partial charge is 0.385 e. The number of aliphatic hydroxyl groups is 1. The first-order valence-electron chi connectivity index (χ1n) is 9.33. The number of aromatic nitrogens is 2.